The Bertz CT molecular complexity index is 1130. The number of nitrogens with zero attached hydrogens (tertiary/aromatic N) is 1. The summed E-state index contributed by atoms with van der Waals surface area (Å²) in [5.41, 5.74) is 2.21. The first kappa shape index (κ1) is 27.4. The first-order valence-electron chi connectivity index (χ1n) is 11.1. The summed E-state index contributed by atoms with van der Waals surface area (Å²) in [5.74, 6) is 3.37. The third kappa shape index (κ3) is 8.47. The lowest BCUT2D eigenvalue weighted by atomic mass is 10.1. The largest absolute Gasteiger partial charge is 0.497 e. The number of benzene rings is 2. The van der Waals surface area contributed by atoms with Gasteiger partial charge in [0.1, 0.15) is 10.8 Å². The maximum Gasteiger partial charge on any atom is 0.416 e. The molecule has 0 aliphatic rings. The van der Waals surface area contributed by atoms with Crippen LogP contribution in [-0.2, 0) is 23.1 Å². The minimum absolute atomic E-state index is 0.647. The molecule has 3 rings (SSSR count). The highest BCUT2D eigenvalue weighted by atomic mass is 32.2. The molecular weight excluding hydrogens is 507 g/mol. The lowest BCUT2D eigenvalue weighted by molar-refractivity contribution is -0.137. The Morgan fingerprint density at radius 2 is 1.77 bits per heavy atom. The van der Waals surface area contributed by atoms with Crippen molar-refractivity contribution >= 4 is 34.9 Å². The second kappa shape index (κ2) is 13.2. The lowest BCUT2D eigenvalue weighted by Gasteiger charge is -2.06. The van der Waals surface area contributed by atoms with E-state index in [1.165, 1.54) is 21.9 Å². The van der Waals surface area contributed by atoms with Gasteiger partial charge in [-0.05, 0) is 49.8 Å². The topological polar surface area (TPSA) is 22.1 Å². The standard InChI is InChI=1S/C27H28F3NOS3/c1-19(2)24(32-3)10-7-16-33-18-25-23(15-17-34-22-8-5-4-6-9-22)31-26(35-25)20-11-13-21(14-12-20)27(28,29)30/h4-14H,15-18H2,1-3H3/b10-7-. The van der Waals surface area contributed by atoms with Gasteiger partial charge in [0, 0.05) is 39.0 Å². The van der Waals surface area contributed by atoms with Gasteiger partial charge >= 0.3 is 6.18 Å². The Morgan fingerprint density at radius 3 is 2.40 bits per heavy atom. The van der Waals surface area contributed by atoms with E-state index in [0.29, 0.717) is 5.56 Å². The van der Waals surface area contributed by atoms with Crippen molar-refractivity contribution < 1.29 is 17.9 Å². The van der Waals surface area contributed by atoms with Crippen LogP contribution in [0.1, 0.15) is 30.0 Å². The van der Waals surface area contributed by atoms with Gasteiger partial charge in [0.2, 0.25) is 0 Å². The summed E-state index contributed by atoms with van der Waals surface area (Å²) in [7, 11) is 1.67. The van der Waals surface area contributed by atoms with Crippen LogP contribution in [0.5, 0.6) is 0 Å². The molecule has 186 valence electrons. The maximum atomic E-state index is 13.0. The Morgan fingerprint density at radius 1 is 1.06 bits per heavy atom. The summed E-state index contributed by atoms with van der Waals surface area (Å²) < 4.78 is 44.2. The molecule has 0 aliphatic heterocycles. The number of halogens is 3. The van der Waals surface area contributed by atoms with Crippen molar-refractivity contribution in [1.82, 2.24) is 4.98 Å². The van der Waals surface area contributed by atoms with Crippen LogP contribution in [0, 0.1) is 0 Å². The highest BCUT2D eigenvalue weighted by Gasteiger charge is 2.30. The van der Waals surface area contributed by atoms with Gasteiger partial charge in [-0.25, -0.2) is 4.98 Å². The monoisotopic (exact) mass is 535 g/mol. The van der Waals surface area contributed by atoms with Gasteiger partial charge in [-0.1, -0.05) is 36.4 Å². The van der Waals surface area contributed by atoms with Crippen LogP contribution in [-0.4, -0.2) is 23.6 Å². The fourth-order valence-corrected chi connectivity index (χ4v) is 6.19. The summed E-state index contributed by atoms with van der Waals surface area (Å²) in [5, 5.41) is 0.760. The third-order valence-electron chi connectivity index (χ3n) is 5.02. The van der Waals surface area contributed by atoms with Crippen LogP contribution in [0.15, 0.2) is 83.0 Å². The highest BCUT2D eigenvalue weighted by Crippen LogP contribution is 2.35. The van der Waals surface area contributed by atoms with Crippen LogP contribution in [0.2, 0.25) is 0 Å². The van der Waals surface area contributed by atoms with Crippen molar-refractivity contribution in [2.45, 2.75) is 37.1 Å². The summed E-state index contributed by atoms with van der Waals surface area (Å²) in [6.45, 7) is 4.02. The Balaban J connectivity index is 1.71. The van der Waals surface area contributed by atoms with Crippen LogP contribution >= 0.6 is 34.9 Å². The minimum atomic E-state index is -4.34. The molecule has 3 aromatic rings. The number of aromatic nitrogens is 1. The van der Waals surface area contributed by atoms with E-state index in [4.69, 9.17) is 9.72 Å². The number of thiazole rings is 1. The number of allylic oxidation sites excluding steroid dienone is 2. The van der Waals surface area contributed by atoms with E-state index in [2.05, 4.69) is 18.2 Å². The van der Waals surface area contributed by atoms with Crippen molar-refractivity contribution in [3.63, 3.8) is 0 Å². The molecule has 0 aliphatic carbocycles. The molecule has 0 saturated carbocycles. The zero-order valence-corrected chi connectivity index (χ0v) is 22.3. The second-order valence-corrected chi connectivity index (χ2v) is 11.1. The van der Waals surface area contributed by atoms with E-state index in [1.54, 1.807) is 42.0 Å². The molecule has 0 atom stereocenters. The number of aryl methyl sites for hydroxylation is 1. The van der Waals surface area contributed by atoms with E-state index in [9.17, 15) is 13.2 Å². The molecule has 0 radical (unpaired) electrons. The number of alkyl halides is 3. The number of hydrogen-bond acceptors (Lipinski definition) is 5. The molecule has 0 bridgehead atoms. The van der Waals surface area contributed by atoms with Gasteiger partial charge in [0.05, 0.1) is 18.4 Å². The highest BCUT2D eigenvalue weighted by molar-refractivity contribution is 7.99. The number of ether oxygens (including phenoxy) is 1. The maximum absolute atomic E-state index is 13.0. The van der Waals surface area contributed by atoms with E-state index >= 15 is 0 Å². The average molecular weight is 536 g/mol. The van der Waals surface area contributed by atoms with Crippen molar-refractivity contribution in [2.24, 2.45) is 0 Å². The van der Waals surface area contributed by atoms with Crippen LogP contribution in [0.3, 0.4) is 0 Å². The predicted molar refractivity (Wildman–Crippen MR) is 144 cm³/mol. The van der Waals surface area contributed by atoms with Crippen molar-refractivity contribution in [2.75, 3.05) is 18.6 Å². The zero-order valence-electron chi connectivity index (χ0n) is 19.9. The second-order valence-electron chi connectivity index (χ2n) is 7.86. The normalized spacial score (nSPS) is 11.7. The molecule has 2 aromatic carbocycles. The Hall–Kier alpha value is -2.16. The summed E-state index contributed by atoms with van der Waals surface area (Å²) in [4.78, 5) is 7.21. The molecule has 0 fully saturated rings. The fraction of sp³-hybridized carbons (Fsp3) is 0.296. The molecule has 0 N–H and O–H groups in total. The first-order chi connectivity index (χ1) is 16.8. The fourth-order valence-electron chi connectivity index (χ4n) is 3.21. The third-order valence-corrected chi connectivity index (χ3v) is 8.28. The molecule has 1 heterocycles. The summed E-state index contributed by atoms with van der Waals surface area (Å²) in [6.07, 6.45) is 0.526. The van der Waals surface area contributed by atoms with Crippen molar-refractivity contribution in [3.05, 3.63) is 94.2 Å². The molecule has 0 spiro atoms. The molecule has 0 amide bonds. The van der Waals surface area contributed by atoms with Gasteiger partial charge in [-0.3, -0.25) is 0 Å². The minimum Gasteiger partial charge on any atom is -0.497 e. The quantitative estimate of drug-likeness (QED) is 0.106. The van der Waals surface area contributed by atoms with Gasteiger partial charge in [-0.15, -0.1) is 23.1 Å². The number of hydrogen-bond donors (Lipinski definition) is 0. The molecule has 2 nitrogen and oxygen atoms in total. The number of rotatable bonds is 11. The first-order valence-corrected chi connectivity index (χ1v) is 14.0. The van der Waals surface area contributed by atoms with Crippen molar-refractivity contribution in [1.29, 1.82) is 0 Å². The van der Waals surface area contributed by atoms with E-state index in [-0.39, 0.29) is 0 Å². The van der Waals surface area contributed by atoms with Crippen molar-refractivity contribution in [3.8, 4) is 10.6 Å². The van der Waals surface area contributed by atoms with Gasteiger partial charge < -0.3 is 4.74 Å². The van der Waals surface area contributed by atoms with Gasteiger partial charge in [-0.2, -0.15) is 24.9 Å². The van der Waals surface area contributed by atoms with Crippen LogP contribution in [0.25, 0.3) is 10.6 Å². The smallest absolute Gasteiger partial charge is 0.416 e. The lowest BCUT2D eigenvalue weighted by Crippen LogP contribution is -2.03. The Kier molecular flexibility index (Phi) is 10.4. The van der Waals surface area contributed by atoms with Crippen LogP contribution in [0.4, 0.5) is 13.2 Å². The molecule has 1 aromatic heterocycles. The Labute approximate surface area is 217 Å². The van der Waals surface area contributed by atoms with Gasteiger partial charge in [0.15, 0.2) is 0 Å². The SMILES string of the molecule is COC(/C=C\CSCc1sc(-c2ccc(C(F)(F)F)cc2)nc1CCSc1ccccc1)=C(C)C. The number of methoxy groups -OCH3 is 1. The van der Waals surface area contributed by atoms with Gasteiger partial charge in [0.25, 0.3) is 0 Å². The average Bonchev–Trinajstić information content (AvgIpc) is 3.24. The summed E-state index contributed by atoms with van der Waals surface area (Å²) in [6, 6.07) is 15.5. The van der Waals surface area contributed by atoms with E-state index < -0.39 is 11.7 Å². The van der Waals surface area contributed by atoms with E-state index in [1.807, 2.05) is 38.1 Å². The summed E-state index contributed by atoms with van der Waals surface area (Å²) >= 11 is 5.12. The zero-order chi connectivity index (χ0) is 25.3. The molecule has 0 saturated heterocycles. The molecule has 8 heteroatoms. The predicted octanol–water partition coefficient (Wildman–Crippen LogP) is 8.89. The molecular formula is C27H28F3NOS3. The molecule has 35 heavy (non-hydrogen) atoms. The number of thioether (sulfide) groups is 2. The van der Waals surface area contributed by atoms with Crippen LogP contribution < -0.4 is 0 Å². The van der Waals surface area contributed by atoms with E-state index in [0.717, 1.165) is 57.8 Å². The molecule has 0 unspecified atom stereocenters.